The molecule has 0 aromatic carbocycles. The Kier molecular flexibility index (Phi) is 5.17. The van der Waals surface area contributed by atoms with Gasteiger partial charge in [0.2, 0.25) is 0 Å². The summed E-state index contributed by atoms with van der Waals surface area (Å²) in [5.74, 6) is 0.646. The van der Waals surface area contributed by atoms with Crippen LogP contribution < -0.4 is 5.32 Å². The van der Waals surface area contributed by atoms with Crippen LogP contribution in [0, 0.1) is 0 Å². The minimum atomic E-state index is 0.0621. The van der Waals surface area contributed by atoms with Gasteiger partial charge in [-0.2, -0.15) is 0 Å². The minimum Gasteiger partial charge on any atom is -0.381 e. The predicted octanol–water partition coefficient (Wildman–Crippen LogP) is 1.40. The van der Waals surface area contributed by atoms with Gasteiger partial charge in [-0.1, -0.05) is 0 Å². The highest BCUT2D eigenvalue weighted by molar-refractivity contribution is 6.18. The third-order valence-corrected chi connectivity index (χ3v) is 3.38. The highest BCUT2D eigenvalue weighted by Crippen LogP contribution is 2.22. The van der Waals surface area contributed by atoms with E-state index in [9.17, 15) is 0 Å². The monoisotopic (exact) mass is 221 g/mol. The molecule has 0 saturated carbocycles. The fraction of sp³-hybridized carbons (Fsp3) is 1.00. The van der Waals surface area contributed by atoms with E-state index in [1.807, 2.05) is 6.92 Å². The second-order valence-corrected chi connectivity index (χ2v) is 4.22. The average Bonchev–Trinajstić information content (AvgIpc) is 2.27. The van der Waals surface area contributed by atoms with E-state index >= 15 is 0 Å². The zero-order valence-corrected chi connectivity index (χ0v) is 9.77. The molecule has 0 aromatic rings. The second-order valence-electron chi connectivity index (χ2n) is 3.95. The van der Waals surface area contributed by atoms with E-state index in [-0.39, 0.29) is 11.6 Å². The molecule has 84 valence electrons. The Morgan fingerprint density at radius 1 is 1.50 bits per heavy atom. The summed E-state index contributed by atoms with van der Waals surface area (Å²) >= 11 is 6.00. The van der Waals surface area contributed by atoms with Gasteiger partial charge >= 0.3 is 0 Å². The van der Waals surface area contributed by atoms with E-state index < -0.39 is 0 Å². The third kappa shape index (κ3) is 3.39. The Hall–Kier alpha value is 0.170. The number of hydrogen-bond donors (Lipinski definition) is 1. The summed E-state index contributed by atoms with van der Waals surface area (Å²) in [5.41, 5.74) is 0.0621. The first-order valence-electron chi connectivity index (χ1n) is 5.14. The molecule has 14 heavy (non-hydrogen) atoms. The summed E-state index contributed by atoms with van der Waals surface area (Å²) in [6, 6.07) is 0. The first-order chi connectivity index (χ1) is 6.72. The standard InChI is InChI=1S/C10H20ClNO2/c1-9(13-2)7-12-10(8-11)3-5-14-6-4-10/h9,12H,3-8H2,1-2H3. The summed E-state index contributed by atoms with van der Waals surface area (Å²) in [7, 11) is 1.73. The largest absolute Gasteiger partial charge is 0.381 e. The highest BCUT2D eigenvalue weighted by atomic mass is 35.5. The fourth-order valence-corrected chi connectivity index (χ4v) is 1.93. The molecule has 0 amide bonds. The van der Waals surface area contributed by atoms with Crippen LogP contribution in [0.2, 0.25) is 0 Å². The van der Waals surface area contributed by atoms with Gasteiger partial charge in [-0.3, -0.25) is 0 Å². The highest BCUT2D eigenvalue weighted by Gasteiger charge is 2.31. The number of methoxy groups -OCH3 is 1. The Morgan fingerprint density at radius 3 is 2.64 bits per heavy atom. The van der Waals surface area contributed by atoms with E-state index in [0.29, 0.717) is 5.88 Å². The Bertz CT molecular complexity index is 160. The lowest BCUT2D eigenvalue weighted by Gasteiger charge is -2.37. The van der Waals surface area contributed by atoms with Gasteiger partial charge in [-0.05, 0) is 19.8 Å². The van der Waals surface area contributed by atoms with E-state index in [1.165, 1.54) is 0 Å². The van der Waals surface area contributed by atoms with Crippen LogP contribution in [0.1, 0.15) is 19.8 Å². The summed E-state index contributed by atoms with van der Waals surface area (Å²) in [4.78, 5) is 0. The molecule has 4 heteroatoms. The smallest absolute Gasteiger partial charge is 0.0667 e. The molecule has 1 rings (SSSR count). The first kappa shape index (κ1) is 12.2. The maximum absolute atomic E-state index is 6.00. The summed E-state index contributed by atoms with van der Waals surface area (Å²) in [5, 5.41) is 3.50. The SMILES string of the molecule is COC(C)CNC1(CCl)CCOCC1. The molecule has 1 unspecified atom stereocenters. The van der Waals surface area contributed by atoms with Crippen LogP contribution in [0.5, 0.6) is 0 Å². The van der Waals surface area contributed by atoms with Crippen LogP contribution >= 0.6 is 11.6 Å². The first-order valence-corrected chi connectivity index (χ1v) is 5.67. The predicted molar refractivity (Wildman–Crippen MR) is 58.0 cm³/mol. The molecular formula is C10H20ClNO2. The molecule has 1 fully saturated rings. The van der Waals surface area contributed by atoms with Gasteiger partial charge in [0.05, 0.1) is 6.10 Å². The summed E-state index contributed by atoms with van der Waals surface area (Å²) in [6.45, 7) is 4.51. The van der Waals surface area contributed by atoms with E-state index in [4.69, 9.17) is 21.1 Å². The molecular weight excluding hydrogens is 202 g/mol. The van der Waals surface area contributed by atoms with Gasteiger partial charge in [0, 0.05) is 38.3 Å². The van der Waals surface area contributed by atoms with Gasteiger partial charge < -0.3 is 14.8 Å². The van der Waals surface area contributed by atoms with Gasteiger partial charge in [0.1, 0.15) is 0 Å². The van der Waals surface area contributed by atoms with E-state index in [0.717, 1.165) is 32.6 Å². The molecule has 1 N–H and O–H groups in total. The van der Waals surface area contributed by atoms with Gasteiger partial charge in [-0.15, -0.1) is 11.6 Å². The quantitative estimate of drug-likeness (QED) is 0.712. The van der Waals surface area contributed by atoms with E-state index in [1.54, 1.807) is 7.11 Å². The van der Waals surface area contributed by atoms with Crippen molar-refractivity contribution in [2.24, 2.45) is 0 Å². The van der Waals surface area contributed by atoms with Crippen molar-refractivity contribution >= 4 is 11.6 Å². The van der Waals surface area contributed by atoms with Crippen molar-refractivity contribution in [1.29, 1.82) is 0 Å². The van der Waals surface area contributed by atoms with Crippen LogP contribution in [-0.4, -0.2) is 44.4 Å². The van der Waals surface area contributed by atoms with Gasteiger partial charge in [-0.25, -0.2) is 0 Å². The topological polar surface area (TPSA) is 30.5 Å². The Morgan fingerprint density at radius 2 is 2.14 bits per heavy atom. The normalized spacial score (nSPS) is 23.4. The second kappa shape index (κ2) is 5.91. The lowest BCUT2D eigenvalue weighted by molar-refractivity contribution is 0.0370. The van der Waals surface area contributed by atoms with Crippen molar-refractivity contribution < 1.29 is 9.47 Å². The molecule has 1 aliphatic rings. The van der Waals surface area contributed by atoms with Crippen LogP contribution in [-0.2, 0) is 9.47 Å². The van der Waals surface area contributed by atoms with Crippen LogP contribution in [0.4, 0.5) is 0 Å². The molecule has 1 aliphatic heterocycles. The molecule has 0 radical (unpaired) electrons. The molecule has 1 atom stereocenters. The minimum absolute atomic E-state index is 0.0621. The number of nitrogens with one attached hydrogen (secondary N) is 1. The maximum atomic E-state index is 6.00. The van der Waals surface area contributed by atoms with Crippen molar-refractivity contribution in [3.05, 3.63) is 0 Å². The van der Waals surface area contributed by atoms with Crippen molar-refractivity contribution in [2.45, 2.75) is 31.4 Å². The zero-order chi connectivity index (χ0) is 10.4. The maximum Gasteiger partial charge on any atom is 0.0667 e. The number of ether oxygens (including phenoxy) is 2. The van der Waals surface area contributed by atoms with Crippen molar-refractivity contribution in [2.75, 3.05) is 32.7 Å². The summed E-state index contributed by atoms with van der Waals surface area (Å²) < 4.78 is 10.5. The van der Waals surface area contributed by atoms with Crippen molar-refractivity contribution in [1.82, 2.24) is 5.32 Å². The molecule has 3 nitrogen and oxygen atoms in total. The molecule has 0 spiro atoms. The zero-order valence-electron chi connectivity index (χ0n) is 9.01. The number of rotatable bonds is 5. The van der Waals surface area contributed by atoms with Crippen molar-refractivity contribution in [3.8, 4) is 0 Å². The molecule has 0 bridgehead atoms. The number of alkyl halides is 1. The van der Waals surface area contributed by atoms with Crippen LogP contribution in [0.15, 0.2) is 0 Å². The fourth-order valence-electron chi connectivity index (χ4n) is 1.56. The number of hydrogen-bond acceptors (Lipinski definition) is 3. The van der Waals surface area contributed by atoms with E-state index in [2.05, 4.69) is 5.32 Å². The lowest BCUT2D eigenvalue weighted by Crippen LogP contribution is -2.53. The summed E-state index contributed by atoms with van der Waals surface area (Å²) in [6.07, 6.45) is 2.22. The number of halogens is 1. The van der Waals surface area contributed by atoms with Crippen molar-refractivity contribution in [3.63, 3.8) is 0 Å². The molecule has 0 aliphatic carbocycles. The Labute approximate surface area is 91.1 Å². The lowest BCUT2D eigenvalue weighted by atomic mass is 9.92. The molecule has 1 saturated heterocycles. The van der Waals surface area contributed by atoms with Crippen LogP contribution in [0.3, 0.4) is 0 Å². The third-order valence-electron chi connectivity index (χ3n) is 2.87. The van der Waals surface area contributed by atoms with Crippen LogP contribution in [0.25, 0.3) is 0 Å². The Balaban J connectivity index is 2.36. The molecule has 1 heterocycles. The molecule has 0 aromatic heterocycles. The van der Waals surface area contributed by atoms with Gasteiger partial charge in [0.25, 0.3) is 0 Å². The van der Waals surface area contributed by atoms with Gasteiger partial charge in [0.15, 0.2) is 0 Å². The average molecular weight is 222 g/mol.